The van der Waals surface area contributed by atoms with Crippen molar-refractivity contribution in [3.05, 3.63) is 47.0 Å². The zero-order chi connectivity index (χ0) is 11.5. The van der Waals surface area contributed by atoms with Crippen LogP contribution in [0.5, 0.6) is 0 Å². The zero-order valence-corrected chi connectivity index (χ0v) is 10.0. The Kier molecular flexibility index (Phi) is 3.15. The number of furan rings is 1. The Labute approximate surface area is 99.7 Å². The molecular weight excluding hydrogens is 224 g/mol. The summed E-state index contributed by atoms with van der Waals surface area (Å²) in [6, 6.07) is 7.56. The van der Waals surface area contributed by atoms with Crippen LogP contribution >= 0.6 is 11.6 Å². The number of aromatic nitrogens is 1. The Morgan fingerprint density at radius 1 is 1.38 bits per heavy atom. The van der Waals surface area contributed by atoms with Crippen molar-refractivity contribution in [2.75, 3.05) is 11.9 Å². The van der Waals surface area contributed by atoms with Gasteiger partial charge in [0.15, 0.2) is 0 Å². The van der Waals surface area contributed by atoms with E-state index in [1.54, 1.807) is 12.3 Å². The van der Waals surface area contributed by atoms with Crippen LogP contribution in [0.2, 0.25) is 5.15 Å². The Morgan fingerprint density at radius 3 is 2.81 bits per heavy atom. The zero-order valence-electron chi connectivity index (χ0n) is 9.27. The lowest BCUT2D eigenvalue weighted by Gasteiger charge is -2.17. The summed E-state index contributed by atoms with van der Waals surface area (Å²) in [5.41, 5.74) is 1.16. The summed E-state index contributed by atoms with van der Waals surface area (Å²) in [6.07, 6.45) is 1.70. The quantitative estimate of drug-likeness (QED) is 0.766. The van der Waals surface area contributed by atoms with E-state index in [1.807, 2.05) is 37.1 Å². The molecule has 0 atom stereocenters. The van der Waals surface area contributed by atoms with Crippen LogP contribution in [0.4, 0.5) is 5.82 Å². The lowest BCUT2D eigenvalue weighted by Crippen LogP contribution is -2.17. The standard InChI is InChI=1S/C12H13ClN2O/c1-9-10(6-7-16-9)8-15(2)12-5-3-4-11(13)14-12/h3-7H,8H2,1-2H3. The molecular formula is C12H13ClN2O. The first kappa shape index (κ1) is 11.0. The highest BCUT2D eigenvalue weighted by atomic mass is 35.5. The molecule has 0 bridgehead atoms. The smallest absolute Gasteiger partial charge is 0.131 e. The van der Waals surface area contributed by atoms with E-state index in [2.05, 4.69) is 4.98 Å². The highest BCUT2D eigenvalue weighted by Gasteiger charge is 2.07. The predicted octanol–water partition coefficient (Wildman–Crippen LogP) is 3.27. The number of pyridine rings is 1. The molecule has 0 saturated carbocycles. The summed E-state index contributed by atoms with van der Waals surface area (Å²) in [5.74, 6) is 1.79. The number of anilines is 1. The molecule has 84 valence electrons. The number of hydrogen-bond donors (Lipinski definition) is 0. The molecule has 0 aliphatic rings. The molecule has 2 aromatic heterocycles. The molecule has 0 aliphatic carbocycles. The molecule has 2 aromatic rings. The van der Waals surface area contributed by atoms with E-state index < -0.39 is 0 Å². The van der Waals surface area contributed by atoms with Crippen LogP contribution in [0.3, 0.4) is 0 Å². The minimum atomic E-state index is 0.508. The van der Waals surface area contributed by atoms with Gasteiger partial charge in [-0.15, -0.1) is 0 Å². The van der Waals surface area contributed by atoms with Crippen LogP contribution in [-0.4, -0.2) is 12.0 Å². The van der Waals surface area contributed by atoms with Gasteiger partial charge in [0.05, 0.1) is 6.26 Å². The largest absolute Gasteiger partial charge is 0.469 e. The number of halogens is 1. The minimum absolute atomic E-state index is 0.508. The molecule has 0 radical (unpaired) electrons. The van der Waals surface area contributed by atoms with Crippen molar-refractivity contribution >= 4 is 17.4 Å². The van der Waals surface area contributed by atoms with E-state index in [9.17, 15) is 0 Å². The first-order chi connectivity index (χ1) is 7.66. The third-order valence-electron chi connectivity index (χ3n) is 2.47. The van der Waals surface area contributed by atoms with Crippen molar-refractivity contribution in [2.24, 2.45) is 0 Å². The van der Waals surface area contributed by atoms with Gasteiger partial charge in [0.25, 0.3) is 0 Å². The van der Waals surface area contributed by atoms with Crippen molar-refractivity contribution < 1.29 is 4.42 Å². The number of hydrogen-bond acceptors (Lipinski definition) is 3. The van der Waals surface area contributed by atoms with E-state index in [0.717, 1.165) is 23.7 Å². The van der Waals surface area contributed by atoms with Gasteiger partial charge in [-0.1, -0.05) is 17.7 Å². The molecule has 0 saturated heterocycles. The van der Waals surface area contributed by atoms with Gasteiger partial charge in [-0.05, 0) is 25.1 Å². The highest BCUT2D eigenvalue weighted by molar-refractivity contribution is 6.29. The van der Waals surface area contributed by atoms with Gasteiger partial charge in [-0.3, -0.25) is 0 Å². The molecule has 4 heteroatoms. The van der Waals surface area contributed by atoms with Crippen LogP contribution < -0.4 is 4.90 Å². The van der Waals surface area contributed by atoms with Crippen LogP contribution in [0.25, 0.3) is 0 Å². The van der Waals surface area contributed by atoms with Gasteiger partial charge in [0.1, 0.15) is 16.7 Å². The van der Waals surface area contributed by atoms with Gasteiger partial charge in [0.2, 0.25) is 0 Å². The van der Waals surface area contributed by atoms with Crippen molar-refractivity contribution in [1.82, 2.24) is 4.98 Å². The second kappa shape index (κ2) is 4.58. The van der Waals surface area contributed by atoms with Crippen LogP contribution in [0, 0.1) is 6.92 Å². The van der Waals surface area contributed by atoms with Gasteiger partial charge < -0.3 is 9.32 Å². The summed E-state index contributed by atoms with van der Waals surface area (Å²) < 4.78 is 5.25. The molecule has 2 heterocycles. The van der Waals surface area contributed by atoms with E-state index >= 15 is 0 Å². The van der Waals surface area contributed by atoms with E-state index in [-0.39, 0.29) is 0 Å². The molecule has 3 nitrogen and oxygen atoms in total. The SMILES string of the molecule is Cc1occc1CN(C)c1cccc(Cl)n1. The highest BCUT2D eigenvalue weighted by Crippen LogP contribution is 2.17. The summed E-state index contributed by atoms with van der Waals surface area (Å²) >= 11 is 5.85. The molecule has 0 spiro atoms. The van der Waals surface area contributed by atoms with Gasteiger partial charge in [-0.25, -0.2) is 4.98 Å². The van der Waals surface area contributed by atoms with Crippen molar-refractivity contribution in [2.45, 2.75) is 13.5 Å². The van der Waals surface area contributed by atoms with Crippen molar-refractivity contribution in [3.8, 4) is 0 Å². The van der Waals surface area contributed by atoms with Crippen LogP contribution in [-0.2, 0) is 6.54 Å². The van der Waals surface area contributed by atoms with E-state index in [1.165, 1.54) is 0 Å². The van der Waals surface area contributed by atoms with Crippen molar-refractivity contribution in [1.29, 1.82) is 0 Å². The maximum Gasteiger partial charge on any atom is 0.131 e. The topological polar surface area (TPSA) is 29.3 Å². The maximum absolute atomic E-state index is 5.85. The molecule has 0 aromatic carbocycles. The lowest BCUT2D eigenvalue weighted by molar-refractivity contribution is 0.529. The molecule has 0 aliphatic heterocycles. The Balaban J connectivity index is 2.14. The van der Waals surface area contributed by atoms with Gasteiger partial charge >= 0.3 is 0 Å². The van der Waals surface area contributed by atoms with E-state index in [0.29, 0.717) is 5.15 Å². The summed E-state index contributed by atoms with van der Waals surface area (Å²) in [5, 5.41) is 0.508. The predicted molar refractivity (Wildman–Crippen MR) is 64.8 cm³/mol. The maximum atomic E-state index is 5.85. The van der Waals surface area contributed by atoms with E-state index in [4.69, 9.17) is 16.0 Å². The lowest BCUT2D eigenvalue weighted by atomic mass is 10.2. The summed E-state index contributed by atoms with van der Waals surface area (Å²) in [6.45, 7) is 2.71. The molecule has 16 heavy (non-hydrogen) atoms. The van der Waals surface area contributed by atoms with Gasteiger partial charge in [-0.2, -0.15) is 0 Å². The molecule has 0 N–H and O–H groups in total. The number of aryl methyl sites for hydroxylation is 1. The van der Waals surface area contributed by atoms with Crippen molar-refractivity contribution in [3.63, 3.8) is 0 Å². The summed E-state index contributed by atoms with van der Waals surface area (Å²) in [4.78, 5) is 6.28. The molecule has 0 unspecified atom stereocenters. The Bertz CT molecular complexity index is 481. The monoisotopic (exact) mass is 236 g/mol. The normalized spacial score (nSPS) is 10.4. The first-order valence-electron chi connectivity index (χ1n) is 5.03. The summed E-state index contributed by atoms with van der Waals surface area (Å²) in [7, 11) is 1.98. The third-order valence-corrected chi connectivity index (χ3v) is 2.68. The fraction of sp³-hybridized carbons (Fsp3) is 0.250. The number of rotatable bonds is 3. The Morgan fingerprint density at radius 2 is 2.19 bits per heavy atom. The average Bonchev–Trinajstić information content (AvgIpc) is 2.64. The third kappa shape index (κ3) is 2.36. The fourth-order valence-electron chi connectivity index (χ4n) is 1.52. The molecule has 0 fully saturated rings. The average molecular weight is 237 g/mol. The molecule has 0 amide bonds. The minimum Gasteiger partial charge on any atom is -0.469 e. The number of nitrogens with zero attached hydrogens (tertiary/aromatic N) is 2. The second-order valence-corrected chi connectivity index (χ2v) is 4.06. The molecule has 2 rings (SSSR count). The fourth-order valence-corrected chi connectivity index (χ4v) is 1.68. The second-order valence-electron chi connectivity index (χ2n) is 3.68. The Hall–Kier alpha value is -1.48. The van der Waals surface area contributed by atoms with Crippen LogP contribution in [0.15, 0.2) is 34.9 Å². The van der Waals surface area contributed by atoms with Crippen LogP contribution in [0.1, 0.15) is 11.3 Å². The first-order valence-corrected chi connectivity index (χ1v) is 5.41. The van der Waals surface area contributed by atoms with Gasteiger partial charge in [0, 0.05) is 19.2 Å².